The largest absolute Gasteiger partial charge is 0.492 e. The molecule has 0 aliphatic carbocycles. The fourth-order valence-electron chi connectivity index (χ4n) is 1.66. The van der Waals surface area contributed by atoms with Gasteiger partial charge in [0.15, 0.2) is 11.6 Å². The van der Waals surface area contributed by atoms with Gasteiger partial charge in [-0.3, -0.25) is 0 Å². The van der Waals surface area contributed by atoms with Crippen molar-refractivity contribution in [3.8, 4) is 5.75 Å². The van der Waals surface area contributed by atoms with Crippen LogP contribution in [-0.4, -0.2) is 32.9 Å². The Labute approximate surface area is 118 Å². The molecule has 0 heterocycles. The van der Waals surface area contributed by atoms with Crippen molar-refractivity contribution >= 4 is 15.7 Å². The van der Waals surface area contributed by atoms with Crippen molar-refractivity contribution in [3.05, 3.63) is 43.3 Å². The Bertz CT molecular complexity index is 581. The summed E-state index contributed by atoms with van der Waals surface area (Å²) in [5.41, 5.74) is 5.51. The van der Waals surface area contributed by atoms with Crippen LogP contribution < -0.4 is 10.5 Å². The molecule has 1 aromatic rings. The van der Waals surface area contributed by atoms with Gasteiger partial charge in [-0.1, -0.05) is 12.2 Å². The molecule has 7 heteroatoms. The van der Waals surface area contributed by atoms with E-state index in [-0.39, 0.29) is 29.4 Å². The van der Waals surface area contributed by atoms with Crippen LogP contribution >= 0.6 is 0 Å². The quantitative estimate of drug-likeness (QED) is 0.615. The second-order valence-electron chi connectivity index (χ2n) is 3.93. The third-order valence-corrected chi connectivity index (χ3v) is 4.36. The Morgan fingerprint density at radius 2 is 1.90 bits per heavy atom. The zero-order chi connectivity index (χ0) is 15.3. The maximum absolute atomic E-state index is 13.7. The first kappa shape index (κ1) is 16.2. The van der Waals surface area contributed by atoms with Gasteiger partial charge in [0.05, 0.1) is 17.7 Å². The van der Waals surface area contributed by atoms with Crippen molar-refractivity contribution in [1.82, 2.24) is 4.31 Å². The van der Waals surface area contributed by atoms with Crippen molar-refractivity contribution in [2.45, 2.75) is 4.90 Å². The second kappa shape index (κ2) is 6.53. The van der Waals surface area contributed by atoms with E-state index in [9.17, 15) is 12.8 Å². The van der Waals surface area contributed by atoms with Crippen LogP contribution in [0.25, 0.3) is 0 Å². The molecule has 0 atom stereocenters. The van der Waals surface area contributed by atoms with E-state index in [0.717, 1.165) is 16.4 Å². The molecule has 0 aliphatic rings. The highest BCUT2D eigenvalue weighted by atomic mass is 32.2. The van der Waals surface area contributed by atoms with Crippen LogP contribution in [-0.2, 0) is 10.0 Å². The van der Waals surface area contributed by atoms with Crippen LogP contribution in [0.3, 0.4) is 0 Å². The average Bonchev–Trinajstić information content (AvgIpc) is 2.38. The molecular formula is C13H17FN2O3S. The van der Waals surface area contributed by atoms with Gasteiger partial charge in [0, 0.05) is 13.1 Å². The van der Waals surface area contributed by atoms with E-state index < -0.39 is 15.8 Å². The number of nitrogens with two attached hydrogens (primary N) is 1. The Morgan fingerprint density at radius 1 is 1.35 bits per heavy atom. The fourth-order valence-corrected chi connectivity index (χ4v) is 3.09. The van der Waals surface area contributed by atoms with Gasteiger partial charge < -0.3 is 10.5 Å². The molecule has 20 heavy (non-hydrogen) atoms. The summed E-state index contributed by atoms with van der Waals surface area (Å²) in [6, 6.07) is 2.04. The lowest BCUT2D eigenvalue weighted by atomic mass is 10.3. The van der Waals surface area contributed by atoms with Crippen LogP contribution in [0.4, 0.5) is 10.1 Å². The van der Waals surface area contributed by atoms with Crippen LogP contribution in [0.5, 0.6) is 5.75 Å². The summed E-state index contributed by atoms with van der Waals surface area (Å²) >= 11 is 0. The molecule has 110 valence electrons. The molecule has 0 bridgehead atoms. The number of ether oxygens (including phenoxy) is 1. The molecule has 0 fully saturated rings. The lowest BCUT2D eigenvalue weighted by Crippen LogP contribution is -2.31. The minimum absolute atomic E-state index is 0.0803. The maximum Gasteiger partial charge on any atom is 0.243 e. The van der Waals surface area contributed by atoms with E-state index in [4.69, 9.17) is 10.5 Å². The van der Waals surface area contributed by atoms with Gasteiger partial charge >= 0.3 is 0 Å². The number of rotatable bonds is 7. The first-order valence-electron chi connectivity index (χ1n) is 5.73. The number of methoxy groups -OCH3 is 1. The third-order valence-electron chi connectivity index (χ3n) is 2.55. The van der Waals surface area contributed by atoms with E-state index in [0.29, 0.717) is 0 Å². The highest BCUT2D eigenvalue weighted by Gasteiger charge is 2.25. The van der Waals surface area contributed by atoms with Crippen LogP contribution in [0.15, 0.2) is 42.3 Å². The van der Waals surface area contributed by atoms with Gasteiger partial charge in [0.25, 0.3) is 0 Å². The number of nitrogen functional groups attached to an aromatic ring is 1. The van der Waals surface area contributed by atoms with Gasteiger partial charge in [0.1, 0.15) is 0 Å². The van der Waals surface area contributed by atoms with Crippen molar-refractivity contribution < 1.29 is 17.5 Å². The average molecular weight is 300 g/mol. The van der Waals surface area contributed by atoms with Gasteiger partial charge in [0.2, 0.25) is 10.0 Å². The van der Waals surface area contributed by atoms with Crippen LogP contribution in [0.2, 0.25) is 0 Å². The monoisotopic (exact) mass is 300 g/mol. The predicted octanol–water partition coefficient (Wildman–Crippen LogP) is 1.78. The number of sulfonamides is 1. The Balaban J connectivity index is 3.34. The Morgan fingerprint density at radius 3 is 2.30 bits per heavy atom. The zero-order valence-electron chi connectivity index (χ0n) is 11.2. The van der Waals surface area contributed by atoms with E-state index >= 15 is 0 Å². The number of anilines is 1. The second-order valence-corrected chi connectivity index (χ2v) is 5.86. The highest BCUT2D eigenvalue weighted by Crippen LogP contribution is 2.29. The van der Waals surface area contributed by atoms with Gasteiger partial charge in [-0.25, -0.2) is 12.8 Å². The minimum atomic E-state index is -3.88. The molecule has 0 aromatic heterocycles. The number of hydrogen-bond acceptors (Lipinski definition) is 4. The van der Waals surface area contributed by atoms with Crippen molar-refractivity contribution in [2.75, 3.05) is 25.9 Å². The standard InChI is InChI=1S/C13H17FN2O3S/c1-4-6-16(7-5-2)20(17,18)10-8-11(14)13(19-3)12(15)9-10/h4-5,8-9H,1-2,6-7,15H2,3H3. The molecule has 0 saturated heterocycles. The molecule has 0 amide bonds. The van der Waals surface area contributed by atoms with Crippen molar-refractivity contribution in [2.24, 2.45) is 0 Å². The lowest BCUT2D eigenvalue weighted by Gasteiger charge is -2.19. The summed E-state index contributed by atoms with van der Waals surface area (Å²) in [7, 11) is -2.63. The number of hydrogen-bond donors (Lipinski definition) is 1. The van der Waals surface area contributed by atoms with Gasteiger partial charge in [-0.15, -0.1) is 13.2 Å². The molecule has 0 radical (unpaired) electrons. The van der Waals surface area contributed by atoms with Crippen molar-refractivity contribution in [3.63, 3.8) is 0 Å². The SMILES string of the molecule is C=CCN(CC=C)S(=O)(=O)c1cc(N)c(OC)c(F)c1. The molecule has 0 saturated carbocycles. The molecule has 0 aliphatic heterocycles. The first-order chi connectivity index (χ1) is 9.38. The molecule has 0 unspecified atom stereocenters. The molecular weight excluding hydrogens is 283 g/mol. The van der Waals surface area contributed by atoms with Gasteiger partial charge in [-0.05, 0) is 12.1 Å². The van der Waals surface area contributed by atoms with Crippen LogP contribution in [0.1, 0.15) is 0 Å². The minimum Gasteiger partial charge on any atom is -0.492 e. The molecule has 0 spiro atoms. The van der Waals surface area contributed by atoms with E-state index in [2.05, 4.69) is 13.2 Å². The first-order valence-corrected chi connectivity index (χ1v) is 7.17. The molecule has 5 nitrogen and oxygen atoms in total. The molecule has 1 aromatic carbocycles. The normalized spacial score (nSPS) is 11.3. The summed E-state index contributed by atoms with van der Waals surface area (Å²) in [4.78, 5) is -0.239. The highest BCUT2D eigenvalue weighted by molar-refractivity contribution is 7.89. The fraction of sp³-hybridized carbons (Fsp3) is 0.231. The van der Waals surface area contributed by atoms with Gasteiger partial charge in [-0.2, -0.15) is 4.31 Å². The molecule has 1 rings (SSSR count). The van der Waals surface area contributed by atoms with Crippen LogP contribution in [0, 0.1) is 5.82 Å². The number of nitrogens with zero attached hydrogens (tertiary/aromatic N) is 1. The zero-order valence-corrected chi connectivity index (χ0v) is 12.0. The maximum atomic E-state index is 13.7. The van der Waals surface area contributed by atoms with E-state index in [1.54, 1.807) is 0 Å². The van der Waals surface area contributed by atoms with E-state index in [1.165, 1.54) is 19.3 Å². The summed E-state index contributed by atoms with van der Waals surface area (Å²) in [5, 5.41) is 0. The lowest BCUT2D eigenvalue weighted by molar-refractivity contribution is 0.387. The summed E-state index contributed by atoms with van der Waals surface area (Å²) in [5.74, 6) is -1.01. The number of halogens is 1. The smallest absolute Gasteiger partial charge is 0.243 e. The third kappa shape index (κ3) is 3.17. The summed E-state index contributed by atoms with van der Waals surface area (Å²) in [6.45, 7) is 7.16. The topological polar surface area (TPSA) is 72.6 Å². The summed E-state index contributed by atoms with van der Waals surface area (Å²) < 4.78 is 44.4. The Hall–Kier alpha value is -1.86. The molecule has 2 N–H and O–H groups in total. The number of benzene rings is 1. The van der Waals surface area contributed by atoms with E-state index in [1.807, 2.05) is 0 Å². The van der Waals surface area contributed by atoms with Crippen molar-refractivity contribution in [1.29, 1.82) is 0 Å². The predicted molar refractivity (Wildman–Crippen MR) is 76.5 cm³/mol. The Kier molecular flexibility index (Phi) is 5.29. The summed E-state index contributed by atoms with van der Waals surface area (Å²) in [6.07, 6.45) is 2.87.